The molecule has 1 saturated carbocycles. The van der Waals surface area contributed by atoms with E-state index in [0.29, 0.717) is 5.92 Å². The van der Waals surface area contributed by atoms with Gasteiger partial charge in [-0.25, -0.2) is 0 Å². The predicted octanol–water partition coefficient (Wildman–Crippen LogP) is 4.05. The van der Waals surface area contributed by atoms with Crippen LogP contribution in [0.4, 0.5) is 0 Å². The molecule has 4 aliphatic rings. The normalized spacial score (nSPS) is 36.8. The van der Waals surface area contributed by atoms with Gasteiger partial charge in [0.25, 0.3) is 0 Å². The molecule has 21 heavy (non-hydrogen) atoms. The Morgan fingerprint density at radius 3 is 2.00 bits per heavy atom. The molecule has 5 rings (SSSR count). The van der Waals surface area contributed by atoms with Crippen LogP contribution >= 0.6 is 22.6 Å². The largest absolute Gasteiger partial charge is 0.323 e. The minimum absolute atomic E-state index is 0.0887. The Balaban J connectivity index is 1.53. The molecule has 1 aromatic carbocycles. The van der Waals surface area contributed by atoms with Gasteiger partial charge in [-0.15, -0.1) is 0 Å². The molecule has 0 atom stereocenters. The topological polar surface area (TPSA) is 27.7 Å². The lowest BCUT2D eigenvalue weighted by Crippen LogP contribution is -2.61. The fraction of sp³-hybridized carbons (Fsp3) is 0.647. The van der Waals surface area contributed by atoms with Gasteiger partial charge in [-0.05, 0) is 65.6 Å². The van der Waals surface area contributed by atoms with Crippen LogP contribution in [0.25, 0.3) is 0 Å². The van der Waals surface area contributed by atoms with Crippen molar-refractivity contribution in [2.45, 2.75) is 38.1 Å². The third-order valence-electron chi connectivity index (χ3n) is 5.32. The maximum Gasteiger partial charge on any atom is 0.312 e. The molecule has 4 heteroatoms. The van der Waals surface area contributed by atoms with Gasteiger partial charge in [-0.1, -0.05) is 19.3 Å². The lowest BCUT2D eigenvalue weighted by molar-refractivity contribution is -0.486. The summed E-state index contributed by atoms with van der Waals surface area (Å²) in [5.41, 5.74) is 1.06. The number of benzene rings is 1. The molecule has 0 radical (unpaired) electrons. The van der Waals surface area contributed by atoms with Crippen LogP contribution < -0.4 is 0 Å². The van der Waals surface area contributed by atoms with Crippen molar-refractivity contribution < 1.29 is 14.2 Å². The molecule has 0 aromatic heterocycles. The number of ether oxygens (including phenoxy) is 3. The summed E-state index contributed by atoms with van der Waals surface area (Å²) in [4.78, 5) is 0. The Bertz CT molecular complexity index is 483. The molecule has 0 unspecified atom stereocenters. The van der Waals surface area contributed by atoms with Crippen LogP contribution in [-0.2, 0) is 20.2 Å². The molecule has 3 saturated heterocycles. The highest BCUT2D eigenvalue weighted by molar-refractivity contribution is 14.1. The van der Waals surface area contributed by atoms with Gasteiger partial charge in [-0.3, -0.25) is 0 Å². The highest BCUT2D eigenvalue weighted by Crippen LogP contribution is 2.50. The van der Waals surface area contributed by atoms with E-state index in [1.807, 2.05) is 12.1 Å². The fourth-order valence-electron chi connectivity index (χ4n) is 3.94. The van der Waals surface area contributed by atoms with Crippen LogP contribution in [0, 0.1) is 14.9 Å². The molecule has 3 heterocycles. The minimum atomic E-state index is -0.958. The van der Waals surface area contributed by atoms with E-state index in [1.165, 1.54) is 35.7 Å². The molecule has 0 amide bonds. The number of fused-ring (bicyclic) bond motifs is 3. The molecule has 0 N–H and O–H groups in total. The quantitative estimate of drug-likeness (QED) is 0.702. The Morgan fingerprint density at radius 1 is 0.857 bits per heavy atom. The molecule has 0 spiro atoms. The monoisotopic (exact) mass is 400 g/mol. The third-order valence-corrected chi connectivity index (χ3v) is 6.04. The first-order chi connectivity index (χ1) is 10.2. The Morgan fingerprint density at radius 2 is 1.43 bits per heavy atom. The van der Waals surface area contributed by atoms with E-state index in [4.69, 9.17) is 14.2 Å². The standard InChI is InChI=1S/C17H21IO3/c18-15-8-6-14(7-9-15)17-19-10-16(11-20-17,12-21-17)13-4-2-1-3-5-13/h6-9,13H,1-5,10-12H2. The predicted molar refractivity (Wildman–Crippen MR) is 87.7 cm³/mol. The van der Waals surface area contributed by atoms with Crippen molar-refractivity contribution in [1.82, 2.24) is 0 Å². The molecule has 114 valence electrons. The van der Waals surface area contributed by atoms with Gasteiger partial charge in [0, 0.05) is 14.5 Å². The Hall–Kier alpha value is -0.170. The van der Waals surface area contributed by atoms with Crippen molar-refractivity contribution in [2.75, 3.05) is 19.8 Å². The highest BCUT2D eigenvalue weighted by atomic mass is 127. The van der Waals surface area contributed by atoms with Crippen molar-refractivity contribution in [3.63, 3.8) is 0 Å². The van der Waals surface area contributed by atoms with Gasteiger partial charge in [0.2, 0.25) is 0 Å². The van der Waals surface area contributed by atoms with Gasteiger partial charge in [0.1, 0.15) is 0 Å². The molecule has 1 aromatic rings. The maximum atomic E-state index is 6.10. The smallest absolute Gasteiger partial charge is 0.312 e. The summed E-state index contributed by atoms with van der Waals surface area (Å²) in [5.74, 6) is -0.262. The van der Waals surface area contributed by atoms with Gasteiger partial charge < -0.3 is 14.2 Å². The molecular weight excluding hydrogens is 379 g/mol. The molecule has 3 aliphatic heterocycles. The Labute approximate surface area is 139 Å². The van der Waals surface area contributed by atoms with Gasteiger partial charge in [0.15, 0.2) is 0 Å². The number of halogens is 1. The summed E-state index contributed by atoms with van der Waals surface area (Å²) in [6.45, 7) is 2.30. The number of hydrogen-bond acceptors (Lipinski definition) is 3. The lowest BCUT2D eigenvalue weighted by Gasteiger charge is -2.55. The molecule has 2 bridgehead atoms. The van der Waals surface area contributed by atoms with Crippen LogP contribution in [0.15, 0.2) is 24.3 Å². The summed E-state index contributed by atoms with van der Waals surface area (Å²) in [6, 6.07) is 8.22. The fourth-order valence-corrected chi connectivity index (χ4v) is 4.30. The molecule has 3 nitrogen and oxygen atoms in total. The summed E-state index contributed by atoms with van der Waals surface area (Å²) in [5, 5.41) is 0. The van der Waals surface area contributed by atoms with E-state index < -0.39 is 5.97 Å². The van der Waals surface area contributed by atoms with Crippen LogP contribution in [0.3, 0.4) is 0 Å². The number of hydrogen-bond donors (Lipinski definition) is 0. The van der Waals surface area contributed by atoms with E-state index in [-0.39, 0.29) is 5.41 Å². The number of rotatable bonds is 2. The van der Waals surface area contributed by atoms with Gasteiger partial charge >= 0.3 is 5.97 Å². The zero-order valence-electron chi connectivity index (χ0n) is 12.1. The van der Waals surface area contributed by atoms with Crippen molar-refractivity contribution in [3.05, 3.63) is 33.4 Å². The first-order valence-electron chi connectivity index (χ1n) is 7.90. The first kappa shape index (κ1) is 14.4. The zero-order valence-corrected chi connectivity index (χ0v) is 14.3. The average Bonchev–Trinajstić information content (AvgIpc) is 2.58. The second-order valence-corrected chi connectivity index (χ2v) is 7.87. The SMILES string of the molecule is Ic1ccc(C23OCC(C4CCCCC4)(CO2)CO3)cc1. The van der Waals surface area contributed by atoms with E-state index in [9.17, 15) is 0 Å². The van der Waals surface area contributed by atoms with Crippen LogP contribution in [0.5, 0.6) is 0 Å². The van der Waals surface area contributed by atoms with Crippen molar-refractivity contribution in [2.24, 2.45) is 11.3 Å². The molecular formula is C17H21IO3. The molecule has 4 fully saturated rings. The van der Waals surface area contributed by atoms with E-state index in [0.717, 1.165) is 25.4 Å². The van der Waals surface area contributed by atoms with E-state index in [1.54, 1.807) is 0 Å². The summed E-state index contributed by atoms with van der Waals surface area (Å²) in [6.07, 6.45) is 6.66. The third kappa shape index (κ3) is 2.44. The summed E-state index contributed by atoms with van der Waals surface area (Å²) < 4.78 is 19.5. The molecule has 1 aliphatic carbocycles. The summed E-state index contributed by atoms with van der Waals surface area (Å²) in [7, 11) is 0. The first-order valence-corrected chi connectivity index (χ1v) is 8.98. The Kier molecular flexibility index (Phi) is 3.76. The van der Waals surface area contributed by atoms with E-state index in [2.05, 4.69) is 34.7 Å². The minimum Gasteiger partial charge on any atom is -0.323 e. The van der Waals surface area contributed by atoms with Crippen LogP contribution in [-0.4, -0.2) is 19.8 Å². The average molecular weight is 400 g/mol. The zero-order chi connectivity index (χ0) is 14.3. The second-order valence-electron chi connectivity index (χ2n) is 6.63. The van der Waals surface area contributed by atoms with Crippen molar-refractivity contribution in [3.8, 4) is 0 Å². The van der Waals surface area contributed by atoms with Crippen LogP contribution in [0.1, 0.15) is 37.7 Å². The second kappa shape index (κ2) is 5.48. The van der Waals surface area contributed by atoms with E-state index >= 15 is 0 Å². The van der Waals surface area contributed by atoms with Gasteiger partial charge in [-0.2, -0.15) is 0 Å². The lowest BCUT2D eigenvalue weighted by atomic mass is 9.69. The van der Waals surface area contributed by atoms with Crippen molar-refractivity contribution >= 4 is 22.6 Å². The van der Waals surface area contributed by atoms with Crippen molar-refractivity contribution in [1.29, 1.82) is 0 Å². The van der Waals surface area contributed by atoms with Gasteiger partial charge in [0.05, 0.1) is 19.8 Å². The van der Waals surface area contributed by atoms with Crippen LogP contribution in [0.2, 0.25) is 0 Å². The maximum absolute atomic E-state index is 6.10. The highest BCUT2D eigenvalue weighted by Gasteiger charge is 2.56. The summed E-state index contributed by atoms with van der Waals surface area (Å²) >= 11 is 2.30.